The lowest BCUT2D eigenvalue weighted by Crippen LogP contribution is -2.34. The molecule has 0 bridgehead atoms. The summed E-state index contributed by atoms with van der Waals surface area (Å²) in [5, 5.41) is 0. The minimum atomic E-state index is 0.143. The monoisotopic (exact) mass is 452 g/mol. The predicted molar refractivity (Wildman–Crippen MR) is 130 cm³/mol. The zero-order valence-electron chi connectivity index (χ0n) is 20.4. The van der Waals surface area contributed by atoms with E-state index >= 15 is 0 Å². The Hall–Kier alpha value is -2.73. The summed E-state index contributed by atoms with van der Waals surface area (Å²) >= 11 is 0. The third-order valence-corrected chi connectivity index (χ3v) is 6.68. The maximum absolute atomic E-state index is 12.5. The van der Waals surface area contributed by atoms with Crippen LogP contribution in [-0.4, -0.2) is 62.7 Å². The first kappa shape index (κ1) is 23.4. The van der Waals surface area contributed by atoms with Crippen molar-refractivity contribution in [1.82, 2.24) is 9.80 Å². The van der Waals surface area contributed by atoms with Crippen LogP contribution in [0.4, 0.5) is 0 Å². The summed E-state index contributed by atoms with van der Waals surface area (Å²) < 4.78 is 18.0. The Kier molecular flexibility index (Phi) is 7.43. The minimum absolute atomic E-state index is 0.143. The molecular formula is C27H36N2O4. The highest BCUT2D eigenvalue weighted by Crippen LogP contribution is 2.40. The summed E-state index contributed by atoms with van der Waals surface area (Å²) in [5.41, 5.74) is 4.23. The summed E-state index contributed by atoms with van der Waals surface area (Å²) in [6, 6.07) is 10.4. The van der Waals surface area contributed by atoms with Crippen molar-refractivity contribution in [3.63, 3.8) is 0 Å². The van der Waals surface area contributed by atoms with Gasteiger partial charge in [0.2, 0.25) is 5.91 Å². The second-order valence-electron chi connectivity index (χ2n) is 9.25. The Morgan fingerprint density at radius 2 is 2.00 bits per heavy atom. The lowest BCUT2D eigenvalue weighted by Gasteiger charge is -2.29. The van der Waals surface area contributed by atoms with E-state index < -0.39 is 0 Å². The second kappa shape index (κ2) is 10.5. The van der Waals surface area contributed by atoms with Gasteiger partial charge < -0.3 is 24.0 Å². The molecule has 2 aromatic rings. The topological polar surface area (TPSA) is 51.2 Å². The number of rotatable bonds is 6. The average molecular weight is 453 g/mol. The third-order valence-electron chi connectivity index (χ3n) is 6.68. The van der Waals surface area contributed by atoms with Crippen molar-refractivity contribution in [2.45, 2.75) is 39.7 Å². The van der Waals surface area contributed by atoms with E-state index in [0.717, 1.165) is 52.6 Å². The van der Waals surface area contributed by atoms with Crippen LogP contribution in [0.5, 0.6) is 17.2 Å². The molecule has 1 fully saturated rings. The van der Waals surface area contributed by atoms with Crippen LogP contribution in [0.1, 0.15) is 37.3 Å². The molecule has 6 nitrogen and oxygen atoms in total. The van der Waals surface area contributed by atoms with Gasteiger partial charge in [-0.3, -0.25) is 4.79 Å². The molecular weight excluding hydrogens is 416 g/mol. The molecule has 0 spiro atoms. The van der Waals surface area contributed by atoms with Gasteiger partial charge in [0.15, 0.2) is 11.5 Å². The van der Waals surface area contributed by atoms with Crippen molar-refractivity contribution in [1.29, 1.82) is 0 Å². The Morgan fingerprint density at radius 1 is 1.15 bits per heavy atom. The zero-order chi connectivity index (χ0) is 23.4. The molecule has 1 amide bonds. The van der Waals surface area contributed by atoms with E-state index in [0.29, 0.717) is 38.6 Å². The molecule has 2 heterocycles. The van der Waals surface area contributed by atoms with Crippen LogP contribution < -0.4 is 14.2 Å². The normalized spacial score (nSPS) is 18.8. The Balaban J connectivity index is 1.68. The third kappa shape index (κ3) is 5.44. The number of methoxy groups -OCH3 is 1. The van der Waals surface area contributed by atoms with E-state index in [9.17, 15) is 4.79 Å². The van der Waals surface area contributed by atoms with Gasteiger partial charge in [0.1, 0.15) is 12.4 Å². The highest BCUT2D eigenvalue weighted by atomic mass is 16.5. The fraction of sp³-hybridized carbons (Fsp3) is 0.519. The SMILES string of the molecule is CCC(=O)N1CCOc2c(cc(-c3ccc(OC)c(C)c3)cc2OCC2CCCN(C)C2)C1. The fourth-order valence-electron chi connectivity index (χ4n) is 4.87. The van der Waals surface area contributed by atoms with E-state index in [4.69, 9.17) is 14.2 Å². The number of aryl methyl sites for hydroxylation is 1. The van der Waals surface area contributed by atoms with Crippen molar-refractivity contribution in [3.05, 3.63) is 41.5 Å². The van der Waals surface area contributed by atoms with E-state index in [1.54, 1.807) is 7.11 Å². The predicted octanol–water partition coefficient (Wildman–Crippen LogP) is 4.52. The number of hydrogen-bond donors (Lipinski definition) is 0. The van der Waals surface area contributed by atoms with Gasteiger partial charge in [-0.2, -0.15) is 0 Å². The van der Waals surface area contributed by atoms with Crippen LogP contribution >= 0.6 is 0 Å². The smallest absolute Gasteiger partial charge is 0.222 e. The lowest BCUT2D eigenvalue weighted by atomic mass is 9.98. The van der Waals surface area contributed by atoms with E-state index in [2.05, 4.69) is 36.2 Å². The van der Waals surface area contributed by atoms with Crippen LogP contribution in [0.25, 0.3) is 11.1 Å². The minimum Gasteiger partial charge on any atom is -0.496 e. The molecule has 1 atom stereocenters. The van der Waals surface area contributed by atoms with Crippen molar-refractivity contribution >= 4 is 5.91 Å². The van der Waals surface area contributed by atoms with Crippen LogP contribution in [0.15, 0.2) is 30.3 Å². The molecule has 1 unspecified atom stereocenters. The maximum atomic E-state index is 12.5. The Bertz CT molecular complexity index is 990. The molecule has 178 valence electrons. The molecule has 0 N–H and O–H groups in total. The van der Waals surface area contributed by atoms with Crippen LogP contribution in [0, 0.1) is 12.8 Å². The molecule has 0 radical (unpaired) electrons. The summed E-state index contributed by atoms with van der Waals surface area (Å²) in [5.74, 6) is 3.07. The fourth-order valence-corrected chi connectivity index (χ4v) is 4.87. The van der Waals surface area contributed by atoms with Crippen LogP contribution in [-0.2, 0) is 11.3 Å². The van der Waals surface area contributed by atoms with Gasteiger partial charge >= 0.3 is 0 Å². The van der Waals surface area contributed by atoms with Gasteiger partial charge in [-0.1, -0.05) is 13.0 Å². The molecule has 4 rings (SSSR count). The zero-order valence-corrected chi connectivity index (χ0v) is 20.4. The Morgan fingerprint density at radius 3 is 2.73 bits per heavy atom. The molecule has 0 aliphatic carbocycles. The quantitative estimate of drug-likeness (QED) is 0.645. The van der Waals surface area contributed by atoms with Crippen molar-refractivity contribution in [2.24, 2.45) is 5.92 Å². The molecule has 0 saturated carbocycles. The van der Waals surface area contributed by atoms with E-state index in [-0.39, 0.29) is 5.91 Å². The van der Waals surface area contributed by atoms with Crippen molar-refractivity contribution < 1.29 is 19.0 Å². The number of hydrogen-bond acceptors (Lipinski definition) is 5. The molecule has 6 heteroatoms. The number of fused-ring (bicyclic) bond motifs is 1. The first-order valence-corrected chi connectivity index (χ1v) is 12.0. The van der Waals surface area contributed by atoms with Crippen molar-refractivity contribution in [3.8, 4) is 28.4 Å². The molecule has 33 heavy (non-hydrogen) atoms. The summed E-state index contributed by atoms with van der Waals surface area (Å²) in [7, 11) is 3.86. The number of nitrogens with zero attached hydrogens (tertiary/aromatic N) is 2. The standard InChI is InChI=1S/C27H36N2O4/c1-5-26(30)29-11-12-32-27-23(17-29)14-22(21-8-9-24(31-4)19(2)13-21)15-25(27)33-18-20-7-6-10-28(3)16-20/h8-9,13-15,20H,5-7,10-12,16-18H2,1-4H3. The lowest BCUT2D eigenvalue weighted by molar-refractivity contribution is -0.131. The molecule has 0 aromatic heterocycles. The van der Waals surface area contributed by atoms with Gasteiger partial charge in [0.05, 0.1) is 20.3 Å². The number of ether oxygens (including phenoxy) is 3. The number of carbonyl (C=O) groups excluding carboxylic acids is 1. The van der Waals surface area contributed by atoms with Gasteiger partial charge in [0, 0.05) is 31.0 Å². The molecule has 2 aliphatic heterocycles. The summed E-state index contributed by atoms with van der Waals surface area (Å²) in [6.45, 7) is 8.43. The Labute approximate surface area is 197 Å². The van der Waals surface area contributed by atoms with Gasteiger partial charge in [-0.25, -0.2) is 0 Å². The van der Waals surface area contributed by atoms with Crippen LogP contribution in [0.2, 0.25) is 0 Å². The molecule has 1 saturated heterocycles. The summed E-state index contributed by atoms with van der Waals surface area (Å²) in [4.78, 5) is 16.7. The largest absolute Gasteiger partial charge is 0.496 e. The van der Waals surface area contributed by atoms with Gasteiger partial charge in [-0.05, 0) is 74.3 Å². The highest BCUT2D eigenvalue weighted by molar-refractivity contribution is 5.77. The number of benzene rings is 2. The van der Waals surface area contributed by atoms with Crippen molar-refractivity contribution in [2.75, 3.05) is 47.0 Å². The molecule has 2 aromatic carbocycles. The van der Waals surface area contributed by atoms with Crippen LogP contribution in [0.3, 0.4) is 0 Å². The second-order valence-corrected chi connectivity index (χ2v) is 9.25. The number of carbonyl (C=O) groups is 1. The number of likely N-dealkylation sites (tertiary alicyclic amines) is 1. The summed E-state index contributed by atoms with van der Waals surface area (Å²) in [6.07, 6.45) is 2.88. The first-order chi connectivity index (χ1) is 16.0. The number of piperidine rings is 1. The number of amides is 1. The molecule has 2 aliphatic rings. The highest BCUT2D eigenvalue weighted by Gasteiger charge is 2.24. The van der Waals surface area contributed by atoms with E-state index in [1.807, 2.05) is 24.8 Å². The average Bonchev–Trinajstić information content (AvgIpc) is 3.04. The first-order valence-electron chi connectivity index (χ1n) is 12.0. The van der Waals surface area contributed by atoms with Gasteiger partial charge in [-0.15, -0.1) is 0 Å². The van der Waals surface area contributed by atoms with E-state index in [1.165, 1.54) is 12.8 Å². The van der Waals surface area contributed by atoms with Gasteiger partial charge in [0.25, 0.3) is 0 Å². The maximum Gasteiger partial charge on any atom is 0.222 e.